The summed E-state index contributed by atoms with van der Waals surface area (Å²) in [5.74, 6) is -0.227. The quantitative estimate of drug-likeness (QED) is 0.900. The molecule has 0 atom stereocenters. The molecule has 1 aliphatic rings. The van der Waals surface area contributed by atoms with Crippen molar-refractivity contribution >= 4 is 18.4 Å². The van der Waals surface area contributed by atoms with Crippen LogP contribution in [0.3, 0.4) is 0 Å². The average Bonchev–Trinajstić information content (AvgIpc) is 2.81. The predicted octanol–water partition coefficient (Wildman–Crippen LogP) is 2.26. The number of hydrogen-bond donors (Lipinski definition) is 1. The summed E-state index contributed by atoms with van der Waals surface area (Å²) in [4.78, 5) is 10.8. The van der Waals surface area contributed by atoms with Crippen molar-refractivity contribution in [2.24, 2.45) is 0 Å². The molecule has 5 nitrogen and oxygen atoms in total. The second-order valence-electron chi connectivity index (χ2n) is 3.98. The Labute approximate surface area is 106 Å². The van der Waals surface area contributed by atoms with Crippen LogP contribution in [0.15, 0.2) is 6.07 Å². The fourth-order valence-corrected chi connectivity index (χ4v) is 2.19. The number of aromatic carboxylic acids is 1. The molecule has 2 rings (SSSR count). The van der Waals surface area contributed by atoms with Crippen LogP contribution in [0.25, 0.3) is 0 Å². The van der Waals surface area contributed by atoms with Crippen LogP contribution < -0.4 is 4.74 Å². The zero-order chi connectivity index (χ0) is 11.5. The molecule has 0 aromatic carbocycles. The van der Waals surface area contributed by atoms with Crippen molar-refractivity contribution in [1.82, 2.24) is 10.2 Å². The zero-order valence-electron chi connectivity index (χ0n) is 9.55. The lowest BCUT2D eigenvalue weighted by Crippen LogP contribution is -2.07. The summed E-state index contributed by atoms with van der Waals surface area (Å²) in [6, 6.07) is 1.59. The number of ether oxygens (including phenoxy) is 1. The molecule has 0 saturated heterocycles. The van der Waals surface area contributed by atoms with E-state index in [1.165, 1.54) is 20.0 Å². The molecule has 0 spiro atoms. The van der Waals surface area contributed by atoms with Crippen molar-refractivity contribution in [2.45, 2.75) is 31.6 Å². The molecule has 0 aliphatic heterocycles. The third-order valence-corrected chi connectivity index (χ3v) is 3.00. The number of carboxylic acid groups (broad SMARTS) is 1. The summed E-state index contributed by atoms with van der Waals surface area (Å²) in [5.41, 5.74) is 0.870. The van der Waals surface area contributed by atoms with Gasteiger partial charge >= 0.3 is 5.97 Å². The minimum absolute atomic E-state index is 0. The van der Waals surface area contributed by atoms with E-state index in [9.17, 15) is 4.79 Å². The molecule has 17 heavy (non-hydrogen) atoms. The number of halogens is 1. The first kappa shape index (κ1) is 13.7. The second kappa shape index (κ2) is 5.82. The Morgan fingerprint density at radius 2 is 2.06 bits per heavy atom. The molecule has 0 amide bonds. The van der Waals surface area contributed by atoms with Crippen molar-refractivity contribution in [2.75, 3.05) is 7.11 Å². The fourth-order valence-electron chi connectivity index (χ4n) is 2.19. The SMILES string of the molecule is COc1nnc(C(=O)O)cc1C1CCCC1.Cl. The van der Waals surface area contributed by atoms with Gasteiger partial charge in [-0.05, 0) is 24.8 Å². The van der Waals surface area contributed by atoms with Gasteiger partial charge < -0.3 is 9.84 Å². The van der Waals surface area contributed by atoms with Crippen molar-refractivity contribution in [3.8, 4) is 5.88 Å². The van der Waals surface area contributed by atoms with E-state index in [1.54, 1.807) is 6.07 Å². The van der Waals surface area contributed by atoms with Crippen LogP contribution in [0.2, 0.25) is 0 Å². The normalized spacial score (nSPS) is 15.4. The number of carboxylic acids is 1. The van der Waals surface area contributed by atoms with Crippen LogP contribution in [0.5, 0.6) is 5.88 Å². The standard InChI is InChI=1S/C11H14N2O3.ClH/c1-16-10-8(7-4-2-3-5-7)6-9(11(14)15)12-13-10;/h6-7H,2-5H2,1H3,(H,14,15);1H. The summed E-state index contributed by atoms with van der Waals surface area (Å²) < 4.78 is 5.13. The Hall–Kier alpha value is -1.36. The Morgan fingerprint density at radius 3 is 2.59 bits per heavy atom. The fraction of sp³-hybridized carbons (Fsp3) is 0.545. The summed E-state index contributed by atoms with van der Waals surface area (Å²) >= 11 is 0. The number of aromatic nitrogens is 2. The molecule has 1 heterocycles. The van der Waals surface area contributed by atoms with Gasteiger partial charge in [-0.25, -0.2) is 4.79 Å². The molecule has 1 aliphatic carbocycles. The lowest BCUT2D eigenvalue weighted by atomic mass is 9.98. The molecule has 1 aromatic heterocycles. The molecule has 0 radical (unpaired) electrons. The van der Waals surface area contributed by atoms with Gasteiger partial charge in [0.15, 0.2) is 5.69 Å². The first-order valence-electron chi connectivity index (χ1n) is 5.37. The molecule has 0 bridgehead atoms. The number of methoxy groups -OCH3 is 1. The first-order valence-corrected chi connectivity index (χ1v) is 5.37. The molecule has 1 fully saturated rings. The third kappa shape index (κ3) is 2.85. The van der Waals surface area contributed by atoms with E-state index in [2.05, 4.69) is 10.2 Å². The second-order valence-corrected chi connectivity index (χ2v) is 3.98. The third-order valence-electron chi connectivity index (χ3n) is 3.00. The van der Waals surface area contributed by atoms with Gasteiger partial charge in [0.1, 0.15) is 0 Å². The maximum Gasteiger partial charge on any atom is 0.356 e. The van der Waals surface area contributed by atoms with E-state index in [4.69, 9.17) is 9.84 Å². The van der Waals surface area contributed by atoms with Gasteiger partial charge in [0.05, 0.1) is 7.11 Å². The highest BCUT2D eigenvalue weighted by Crippen LogP contribution is 2.37. The Kier molecular flexibility index (Phi) is 4.69. The molecule has 1 N–H and O–H groups in total. The van der Waals surface area contributed by atoms with Crippen LogP contribution in [0, 0.1) is 0 Å². The smallest absolute Gasteiger partial charge is 0.356 e. The van der Waals surface area contributed by atoms with E-state index >= 15 is 0 Å². The van der Waals surface area contributed by atoms with E-state index in [1.807, 2.05) is 0 Å². The van der Waals surface area contributed by atoms with Gasteiger partial charge in [-0.3, -0.25) is 0 Å². The number of rotatable bonds is 3. The van der Waals surface area contributed by atoms with Crippen molar-refractivity contribution < 1.29 is 14.6 Å². The topological polar surface area (TPSA) is 72.3 Å². The highest BCUT2D eigenvalue weighted by Gasteiger charge is 2.23. The van der Waals surface area contributed by atoms with Crippen LogP contribution in [-0.4, -0.2) is 28.4 Å². The van der Waals surface area contributed by atoms with Crippen LogP contribution in [0.1, 0.15) is 47.7 Å². The van der Waals surface area contributed by atoms with Crippen LogP contribution >= 0.6 is 12.4 Å². The molecule has 1 saturated carbocycles. The molecule has 94 valence electrons. The maximum atomic E-state index is 10.8. The van der Waals surface area contributed by atoms with Crippen molar-refractivity contribution in [3.05, 3.63) is 17.3 Å². The van der Waals surface area contributed by atoms with Gasteiger partial charge in [-0.1, -0.05) is 12.8 Å². The predicted molar refractivity (Wildman–Crippen MR) is 64.0 cm³/mol. The van der Waals surface area contributed by atoms with Gasteiger partial charge in [0, 0.05) is 5.56 Å². The van der Waals surface area contributed by atoms with Crippen LogP contribution in [0.4, 0.5) is 0 Å². The lowest BCUT2D eigenvalue weighted by molar-refractivity contribution is 0.0688. The maximum absolute atomic E-state index is 10.8. The van der Waals surface area contributed by atoms with Gasteiger partial charge in [-0.2, -0.15) is 0 Å². The summed E-state index contributed by atoms with van der Waals surface area (Å²) in [6.45, 7) is 0. The van der Waals surface area contributed by atoms with Gasteiger partial charge in [-0.15, -0.1) is 22.6 Å². The number of hydrogen-bond acceptors (Lipinski definition) is 4. The van der Waals surface area contributed by atoms with E-state index in [0.717, 1.165) is 18.4 Å². The average molecular weight is 259 g/mol. The van der Waals surface area contributed by atoms with E-state index < -0.39 is 5.97 Å². The number of carbonyl (C=O) groups is 1. The number of nitrogens with zero attached hydrogens (tertiary/aromatic N) is 2. The highest BCUT2D eigenvalue weighted by atomic mass is 35.5. The minimum Gasteiger partial charge on any atom is -0.480 e. The van der Waals surface area contributed by atoms with Crippen molar-refractivity contribution in [3.63, 3.8) is 0 Å². The van der Waals surface area contributed by atoms with Crippen molar-refractivity contribution in [1.29, 1.82) is 0 Å². The zero-order valence-corrected chi connectivity index (χ0v) is 10.4. The Morgan fingerprint density at radius 1 is 1.41 bits per heavy atom. The Bertz CT molecular complexity index is 406. The van der Waals surface area contributed by atoms with Gasteiger partial charge in [0.25, 0.3) is 0 Å². The minimum atomic E-state index is -1.05. The summed E-state index contributed by atoms with van der Waals surface area (Å²) in [6.07, 6.45) is 4.50. The largest absolute Gasteiger partial charge is 0.480 e. The Balaban J connectivity index is 0.00000144. The van der Waals surface area contributed by atoms with E-state index in [0.29, 0.717) is 11.8 Å². The molecule has 1 aromatic rings. The first-order chi connectivity index (χ1) is 7.72. The molecular formula is C11H15ClN2O3. The van der Waals surface area contributed by atoms with E-state index in [-0.39, 0.29) is 18.1 Å². The molecule has 6 heteroatoms. The highest BCUT2D eigenvalue weighted by molar-refractivity contribution is 5.85. The molecular weight excluding hydrogens is 244 g/mol. The summed E-state index contributed by atoms with van der Waals surface area (Å²) in [7, 11) is 1.53. The van der Waals surface area contributed by atoms with Gasteiger partial charge in [0.2, 0.25) is 5.88 Å². The summed E-state index contributed by atoms with van der Waals surface area (Å²) in [5, 5.41) is 16.3. The van der Waals surface area contributed by atoms with Crippen LogP contribution in [-0.2, 0) is 0 Å². The monoisotopic (exact) mass is 258 g/mol. The lowest BCUT2D eigenvalue weighted by Gasteiger charge is -2.12. The molecule has 0 unspecified atom stereocenters.